The van der Waals surface area contributed by atoms with Crippen molar-refractivity contribution in [3.05, 3.63) is 35.9 Å². The van der Waals surface area contributed by atoms with Crippen molar-refractivity contribution in [3.8, 4) is 0 Å². The molecule has 0 heterocycles. The molecule has 2 N–H and O–H groups in total. The highest BCUT2D eigenvalue weighted by atomic mass is 32.2. The average molecular weight is 284 g/mol. The van der Waals surface area contributed by atoms with Gasteiger partial charge in [-0.15, -0.1) is 0 Å². The number of amides is 2. The van der Waals surface area contributed by atoms with Crippen LogP contribution in [0.5, 0.6) is 0 Å². The van der Waals surface area contributed by atoms with Crippen LogP contribution in [0.25, 0.3) is 0 Å². The lowest BCUT2D eigenvalue weighted by Gasteiger charge is -2.16. The molecule has 1 aromatic rings. The summed E-state index contributed by atoms with van der Waals surface area (Å²) in [6, 6.07) is 9.36. The molecule has 6 heteroatoms. The number of aliphatic hydroxyl groups excluding tert-OH is 1. The number of likely N-dealkylation sites (N-methyl/N-ethyl adjacent to an activating group) is 1. The van der Waals surface area contributed by atoms with Gasteiger partial charge >= 0.3 is 6.03 Å². The maximum Gasteiger partial charge on any atom is 0.317 e. The molecule has 0 radical (unpaired) electrons. The Hall–Kier alpha value is -1.40. The third-order valence-electron chi connectivity index (χ3n) is 2.56. The van der Waals surface area contributed by atoms with Gasteiger partial charge < -0.3 is 15.3 Å². The molecule has 1 aromatic carbocycles. The second kappa shape index (κ2) is 8.66. The number of benzene rings is 1. The molecule has 0 aliphatic rings. The summed E-state index contributed by atoms with van der Waals surface area (Å²) in [5.74, 6) is 0.927. The van der Waals surface area contributed by atoms with Crippen molar-refractivity contribution in [2.45, 2.75) is 5.75 Å². The summed E-state index contributed by atoms with van der Waals surface area (Å²) in [7, 11) is 0.617. The van der Waals surface area contributed by atoms with Gasteiger partial charge in [0.05, 0.1) is 6.61 Å². The number of aliphatic hydroxyl groups is 1. The monoisotopic (exact) mass is 284 g/mol. The summed E-state index contributed by atoms with van der Waals surface area (Å²) in [4.78, 5) is 12.9. The van der Waals surface area contributed by atoms with E-state index in [0.717, 1.165) is 5.56 Å². The Morgan fingerprint density at radius 2 is 2.05 bits per heavy atom. The van der Waals surface area contributed by atoms with Crippen LogP contribution in [-0.4, -0.2) is 52.7 Å². The first-order chi connectivity index (χ1) is 9.13. The molecule has 5 nitrogen and oxygen atoms in total. The molecule has 0 aliphatic heterocycles. The number of nitrogens with one attached hydrogen (secondary N) is 1. The van der Waals surface area contributed by atoms with Crippen LogP contribution < -0.4 is 5.32 Å². The lowest BCUT2D eigenvalue weighted by Crippen LogP contribution is -2.40. The highest BCUT2D eigenvalue weighted by Crippen LogP contribution is 2.02. The Labute approximate surface area is 116 Å². The maximum atomic E-state index is 11.8. The molecule has 0 aromatic heterocycles. The van der Waals surface area contributed by atoms with Gasteiger partial charge in [0.1, 0.15) is 0 Å². The minimum atomic E-state index is -0.987. The van der Waals surface area contributed by atoms with Gasteiger partial charge in [0.15, 0.2) is 0 Å². The normalized spacial score (nSPS) is 11.9. The van der Waals surface area contributed by atoms with Crippen LogP contribution in [0, 0.1) is 0 Å². The molecule has 1 unspecified atom stereocenters. The summed E-state index contributed by atoms with van der Waals surface area (Å²) in [5.41, 5.74) is 1.03. The molecule has 0 fully saturated rings. The highest BCUT2D eigenvalue weighted by molar-refractivity contribution is 7.84. The van der Waals surface area contributed by atoms with Crippen LogP contribution in [-0.2, 0) is 16.6 Å². The van der Waals surface area contributed by atoms with Gasteiger partial charge in [0.25, 0.3) is 0 Å². The standard InChI is InChI=1S/C13H20N2O3S/c1-15(8-9-16)13(17)14-7-10-19(18)11-12-5-3-2-4-6-12/h2-6,16H,7-11H2,1H3,(H,14,17). The number of urea groups is 1. The van der Waals surface area contributed by atoms with E-state index in [2.05, 4.69) is 5.32 Å². The molecule has 1 atom stereocenters. The van der Waals surface area contributed by atoms with Gasteiger partial charge in [0.2, 0.25) is 0 Å². The summed E-state index contributed by atoms with van der Waals surface area (Å²) in [6.07, 6.45) is 0. The fourth-order valence-electron chi connectivity index (χ4n) is 1.49. The van der Waals surface area contributed by atoms with E-state index in [-0.39, 0.29) is 12.6 Å². The smallest absolute Gasteiger partial charge is 0.317 e. The SMILES string of the molecule is CN(CCO)C(=O)NCCS(=O)Cc1ccccc1. The summed E-state index contributed by atoms with van der Waals surface area (Å²) >= 11 is 0. The van der Waals surface area contributed by atoms with Crippen molar-refractivity contribution < 1.29 is 14.1 Å². The van der Waals surface area contributed by atoms with Gasteiger partial charge in [-0.05, 0) is 5.56 Å². The first-order valence-corrected chi connectivity index (χ1v) is 7.61. The summed E-state index contributed by atoms with van der Waals surface area (Å²) < 4.78 is 11.8. The van der Waals surface area contributed by atoms with Crippen LogP contribution in [0.4, 0.5) is 4.79 Å². The minimum Gasteiger partial charge on any atom is -0.395 e. The molecule has 0 bridgehead atoms. The van der Waals surface area contributed by atoms with E-state index in [0.29, 0.717) is 24.6 Å². The number of carbonyl (C=O) groups is 1. The van der Waals surface area contributed by atoms with Gasteiger partial charge in [-0.25, -0.2) is 4.79 Å². The molecule has 1 rings (SSSR count). The van der Waals surface area contributed by atoms with E-state index in [1.807, 2.05) is 30.3 Å². The largest absolute Gasteiger partial charge is 0.395 e. The minimum absolute atomic E-state index is 0.0656. The Balaban J connectivity index is 2.22. The van der Waals surface area contributed by atoms with Gasteiger partial charge in [-0.1, -0.05) is 30.3 Å². The third-order valence-corrected chi connectivity index (χ3v) is 3.87. The zero-order valence-corrected chi connectivity index (χ0v) is 11.9. The number of carbonyl (C=O) groups excluding carboxylic acids is 1. The van der Waals surface area contributed by atoms with E-state index in [9.17, 15) is 9.00 Å². The van der Waals surface area contributed by atoms with Gasteiger partial charge in [-0.3, -0.25) is 4.21 Å². The third kappa shape index (κ3) is 6.35. The molecule has 19 heavy (non-hydrogen) atoms. The van der Waals surface area contributed by atoms with Crippen molar-refractivity contribution in [1.82, 2.24) is 10.2 Å². The maximum absolute atomic E-state index is 11.8. The van der Waals surface area contributed by atoms with Crippen molar-refractivity contribution in [2.75, 3.05) is 32.5 Å². The Morgan fingerprint density at radius 1 is 1.37 bits per heavy atom. The Morgan fingerprint density at radius 3 is 2.68 bits per heavy atom. The lowest BCUT2D eigenvalue weighted by atomic mass is 10.2. The van der Waals surface area contributed by atoms with Crippen LogP contribution >= 0.6 is 0 Å². The predicted molar refractivity (Wildman–Crippen MR) is 76.3 cm³/mol. The van der Waals surface area contributed by atoms with Crippen molar-refractivity contribution in [3.63, 3.8) is 0 Å². The van der Waals surface area contributed by atoms with E-state index in [1.54, 1.807) is 7.05 Å². The molecule has 0 aliphatic carbocycles. The van der Waals surface area contributed by atoms with E-state index in [1.165, 1.54) is 4.90 Å². The van der Waals surface area contributed by atoms with E-state index < -0.39 is 10.8 Å². The number of hydrogen-bond acceptors (Lipinski definition) is 3. The van der Waals surface area contributed by atoms with Crippen LogP contribution in [0.3, 0.4) is 0 Å². The zero-order chi connectivity index (χ0) is 14.1. The van der Waals surface area contributed by atoms with Crippen LogP contribution in [0.1, 0.15) is 5.56 Å². The summed E-state index contributed by atoms with van der Waals surface area (Å²) in [6.45, 7) is 0.594. The molecule has 0 saturated carbocycles. The summed E-state index contributed by atoms with van der Waals surface area (Å²) in [5, 5.41) is 11.4. The first kappa shape index (κ1) is 15.7. The van der Waals surface area contributed by atoms with E-state index >= 15 is 0 Å². The number of hydrogen-bond donors (Lipinski definition) is 2. The fourth-order valence-corrected chi connectivity index (χ4v) is 2.53. The van der Waals surface area contributed by atoms with Gasteiger partial charge in [-0.2, -0.15) is 0 Å². The predicted octanol–water partition coefficient (Wildman–Crippen LogP) is 0.569. The molecule has 0 spiro atoms. The lowest BCUT2D eigenvalue weighted by molar-refractivity contribution is 0.191. The van der Waals surface area contributed by atoms with E-state index in [4.69, 9.17) is 5.11 Å². The molecule has 0 saturated heterocycles. The molecule has 106 valence electrons. The second-order valence-corrected chi connectivity index (χ2v) is 5.73. The van der Waals surface area contributed by atoms with Crippen molar-refractivity contribution >= 4 is 16.8 Å². The average Bonchev–Trinajstić information content (AvgIpc) is 2.40. The zero-order valence-electron chi connectivity index (χ0n) is 11.0. The topological polar surface area (TPSA) is 69.6 Å². The second-order valence-electron chi connectivity index (χ2n) is 4.15. The number of nitrogens with zero attached hydrogens (tertiary/aromatic N) is 1. The van der Waals surface area contributed by atoms with Crippen molar-refractivity contribution in [2.24, 2.45) is 0 Å². The number of rotatable bonds is 7. The molecular formula is C13H20N2O3S. The first-order valence-electron chi connectivity index (χ1n) is 6.12. The van der Waals surface area contributed by atoms with Crippen molar-refractivity contribution in [1.29, 1.82) is 0 Å². The highest BCUT2D eigenvalue weighted by Gasteiger charge is 2.07. The fraction of sp³-hybridized carbons (Fsp3) is 0.462. The van der Waals surface area contributed by atoms with Gasteiger partial charge in [0, 0.05) is 42.4 Å². The van der Waals surface area contributed by atoms with Crippen LogP contribution in [0.15, 0.2) is 30.3 Å². The molecule has 2 amide bonds. The van der Waals surface area contributed by atoms with Crippen LogP contribution in [0.2, 0.25) is 0 Å². The molecular weight excluding hydrogens is 264 g/mol. The Kier molecular flexibility index (Phi) is 7.14. The Bertz CT molecular complexity index is 412. The quantitative estimate of drug-likeness (QED) is 0.769.